The number of carbonyl (C=O) groups is 2. The molecule has 0 saturated heterocycles. The standard InChI is InChI=1S/C11H15N3O3/c15-8-14(9-4-7-12-13-9)11(10(16)17)5-2-1-3-6-11/h4,7-8H,1-3,5-6H2,(H,12,13)(H,16,17). The van der Waals surface area contributed by atoms with Crippen LogP contribution in [0.15, 0.2) is 12.3 Å². The molecule has 17 heavy (non-hydrogen) atoms. The number of aromatic amines is 1. The Morgan fingerprint density at radius 1 is 1.47 bits per heavy atom. The number of H-pyrrole nitrogens is 1. The van der Waals surface area contributed by atoms with Crippen LogP contribution in [-0.4, -0.2) is 33.2 Å². The van der Waals surface area contributed by atoms with Gasteiger partial charge in [-0.1, -0.05) is 19.3 Å². The average Bonchev–Trinajstić information content (AvgIpc) is 2.84. The van der Waals surface area contributed by atoms with Crippen LogP contribution in [0.3, 0.4) is 0 Å². The van der Waals surface area contributed by atoms with Gasteiger partial charge in [0.25, 0.3) is 0 Å². The summed E-state index contributed by atoms with van der Waals surface area (Å²) in [5.74, 6) is -0.586. The SMILES string of the molecule is O=CN(c1cc[nH]n1)C1(C(=O)O)CCCCC1. The summed E-state index contributed by atoms with van der Waals surface area (Å²) in [6.07, 6.45) is 5.76. The smallest absolute Gasteiger partial charge is 0.330 e. The molecular formula is C11H15N3O3. The fourth-order valence-electron chi connectivity index (χ4n) is 2.46. The van der Waals surface area contributed by atoms with Crippen LogP contribution >= 0.6 is 0 Å². The Morgan fingerprint density at radius 2 is 2.18 bits per heavy atom. The number of nitrogens with zero attached hydrogens (tertiary/aromatic N) is 2. The molecule has 2 N–H and O–H groups in total. The second-order valence-electron chi connectivity index (χ2n) is 4.31. The van der Waals surface area contributed by atoms with Crippen molar-refractivity contribution in [2.24, 2.45) is 0 Å². The van der Waals surface area contributed by atoms with Crippen molar-refractivity contribution in [3.8, 4) is 0 Å². The summed E-state index contributed by atoms with van der Waals surface area (Å²) in [4.78, 5) is 24.0. The second-order valence-corrected chi connectivity index (χ2v) is 4.31. The summed E-state index contributed by atoms with van der Waals surface area (Å²) >= 11 is 0. The lowest BCUT2D eigenvalue weighted by atomic mass is 9.80. The zero-order valence-corrected chi connectivity index (χ0v) is 9.43. The molecule has 1 heterocycles. The predicted molar refractivity (Wildman–Crippen MR) is 60.6 cm³/mol. The molecule has 92 valence electrons. The number of aliphatic carboxylic acids is 1. The summed E-state index contributed by atoms with van der Waals surface area (Å²) < 4.78 is 0. The van der Waals surface area contributed by atoms with Crippen molar-refractivity contribution in [3.05, 3.63) is 12.3 Å². The summed E-state index contributed by atoms with van der Waals surface area (Å²) in [7, 11) is 0. The fraction of sp³-hybridized carbons (Fsp3) is 0.545. The van der Waals surface area contributed by atoms with Gasteiger partial charge in [0.05, 0.1) is 0 Å². The summed E-state index contributed by atoms with van der Waals surface area (Å²) in [6.45, 7) is 0. The number of amides is 1. The summed E-state index contributed by atoms with van der Waals surface area (Å²) in [5.41, 5.74) is -1.13. The third kappa shape index (κ3) is 1.90. The maximum atomic E-state index is 11.5. The molecular weight excluding hydrogens is 222 g/mol. The van der Waals surface area contributed by atoms with Crippen LogP contribution in [0.1, 0.15) is 32.1 Å². The first kappa shape index (κ1) is 11.6. The van der Waals surface area contributed by atoms with Crippen LogP contribution < -0.4 is 4.90 Å². The molecule has 2 rings (SSSR count). The third-order valence-corrected chi connectivity index (χ3v) is 3.38. The van der Waals surface area contributed by atoms with Crippen molar-refractivity contribution in [2.75, 3.05) is 4.90 Å². The van der Waals surface area contributed by atoms with Crippen molar-refractivity contribution in [2.45, 2.75) is 37.6 Å². The van der Waals surface area contributed by atoms with E-state index in [0.29, 0.717) is 25.1 Å². The minimum atomic E-state index is -1.13. The van der Waals surface area contributed by atoms with Gasteiger partial charge in [-0.3, -0.25) is 14.8 Å². The van der Waals surface area contributed by atoms with E-state index in [0.717, 1.165) is 19.3 Å². The Labute approximate surface area is 98.6 Å². The highest BCUT2D eigenvalue weighted by atomic mass is 16.4. The maximum Gasteiger partial charge on any atom is 0.330 e. The first-order valence-corrected chi connectivity index (χ1v) is 5.68. The molecule has 1 aliphatic rings. The molecule has 1 aliphatic carbocycles. The van der Waals surface area contributed by atoms with Crippen molar-refractivity contribution in [1.29, 1.82) is 0 Å². The number of hydrogen-bond donors (Lipinski definition) is 2. The number of aromatic nitrogens is 2. The average molecular weight is 237 g/mol. The Kier molecular flexibility index (Phi) is 3.12. The molecule has 0 aromatic carbocycles. The molecule has 1 saturated carbocycles. The van der Waals surface area contributed by atoms with E-state index in [-0.39, 0.29) is 0 Å². The van der Waals surface area contributed by atoms with Gasteiger partial charge in [0.2, 0.25) is 6.41 Å². The third-order valence-electron chi connectivity index (χ3n) is 3.38. The van der Waals surface area contributed by atoms with Crippen molar-refractivity contribution < 1.29 is 14.7 Å². The topological polar surface area (TPSA) is 86.3 Å². The number of carboxylic acids is 1. The van der Waals surface area contributed by atoms with E-state index >= 15 is 0 Å². The second kappa shape index (κ2) is 4.57. The van der Waals surface area contributed by atoms with Gasteiger partial charge < -0.3 is 5.11 Å². The Hall–Kier alpha value is -1.85. The van der Waals surface area contributed by atoms with E-state index < -0.39 is 11.5 Å². The number of anilines is 1. The lowest BCUT2D eigenvalue weighted by Gasteiger charge is -2.39. The largest absolute Gasteiger partial charge is 0.479 e. The number of rotatable bonds is 4. The number of carbonyl (C=O) groups excluding carboxylic acids is 1. The lowest BCUT2D eigenvalue weighted by molar-refractivity contribution is -0.145. The van der Waals surface area contributed by atoms with Gasteiger partial charge >= 0.3 is 5.97 Å². The summed E-state index contributed by atoms with van der Waals surface area (Å²) in [5, 5.41) is 15.9. The van der Waals surface area contributed by atoms with E-state index in [4.69, 9.17) is 0 Å². The first-order chi connectivity index (χ1) is 8.20. The molecule has 0 aliphatic heterocycles. The van der Waals surface area contributed by atoms with Crippen LogP contribution in [0.5, 0.6) is 0 Å². The van der Waals surface area contributed by atoms with Gasteiger partial charge in [-0.25, -0.2) is 4.79 Å². The number of hydrogen-bond acceptors (Lipinski definition) is 3. The van der Waals surface area contributed by atoms with Gasteiger partial charge in [-0.15, -0.1) is 0 Å². The van der Waals surface area contributed by atoms with Crippen molar-refractivity contribution in [3.63, 3.8) is 0 Å². The van der Waals surface area contributed by atoms with Gasteiger partial charge in [0, 0.05) is 12.3 Å². The molecule has 1 aromatic rings. The molecule has 1 aromatic heterocycles. The Bertz CT molecular complexity index is 396. The van der Waals surface area contributed by atoms with Gasteiger partial charge in [-0.2, -0.15) is 5.10 Å². The highest BCUT2D eigenvalue weighted by Crippen LogP contribution is 2.35. The fourth-order valence-corrected chi connectivity index (χ4v) is 2.46. The maximum absolute atomic E-state index is 11.5. The molecule has 1 fully saturated rings. The zero-order valence-electron chi connectivity index (χ0n) is 9.43. The summed E-state index contributed by atoms with van der Waals surface area (Å²) in [6, 6.07) is 1.60. The molecule has 0 spiro atoms. The van der Waals surface area contributed by atoms with Crippen molar-refractivity contribution >= 4 is 18.2 Å². The zero-order chi connectivity index (χ0) is 12.3. The Balaban J connectivity index is 2.37. The van der Waals surface area contributed by atoms with E-state index in [9.17, 15) is 14.7 Å². The molecule has 1 amide bonds. The van der Waals surface area contributed by atoms with Crippen molar-refractivity contribution in [1.82, 2.24) is 10.2 Å². The number of nitrogens with one attached hydrogen (secondary N) is 1. The molecule has 0 atom stereocenters. The molecule has 0 radical (unpaired) electrons. The van der Waals surface area contributed by atoms with E-state index in [1.54, 1.807) is 12.3 Å². The van der Waals surface area contributed by atoms with Crippen LogP contribution in [0.4, 0.5) is 5.82 Å². The minimum absolute atomic E-state index is 0.365. The molecule has 0 bridgehead atoms. The van der Waals surface area contributed by atoms with Gasteiger partial charge in [-0.05, 0) is 12.8 Å². The monoisotopic (exact) mass is 237 g/mol. The van der Waals surface area contributed by atoms with E-state index in [1.807, 2.05) is 0 Å². The highest BCUT2D eigenvalue weighted by molar-refractivity contribution is 5.91. The molecule has 0 unspecified atom stereocenters. The van der Waals surface area contributed by atoms with Crippen LogP contribution in [0.2, 0.25) is 0 Å². The van der Waals surface area contributed by atoms with Gasteiger partial charge in [0.15, 0.2) is 5.82 Å². The lowest BCUT2D eigenvalue weighted by Crippen LogP contribution is -2.55. The normalized spacial score (nSPS) is 18.6. The quantitative estimate of drug-likeness (QED) is 0.769. The molecule has 6 heteroatoms. The van der Waals surface area contributed by atoms with E-state index in [1.165, 1.54) is 4.90 Å². The van der Waals surface area contributed by atoms with Crippen LogP contribution in [0.25, 0.3) is 0 Å². The Morgan fingerprint density at radius 3 is 2.65 bits per heavy atom. The predicted octanol–water partition coefficient (Wildman–Crippen LogP) is 1.16. The molecule has 6 nitrogen and oxygen atoms in total. The van der Waals surface area contributed by atoms with E-state index in [2.05, 4.69) is 10.2 Å². The first-order valence-electron chi connectivity index (χ1n) is 5.68. The van der Waals surface area contributed by atoms with Crippen LogP contribution in [0, 0.1) is 0 Å². The van der Waals surface area contributed by atoms with Crippen LogP contribution in [-0.2, 0) is 9.59 Å². The highest BCUT2D eigenvalue weighted by Gasteiger charge is 2.46. The van der Waals surface area contributed by atoms with Gasteiger partial charge in [0.1, 0.15) is 5.54 Å². The number of carboxylic acid groups (broad SMARTS) is 1. The minimum Gasteiger partial charge on any atom is -0.479 e.